The molecule has 1 aliphatic carbocycles. The fraction of sp³-hybridized carbons (Fsp3) is 0.929. The average molecular weight is 275 g/mol. The molecule has 4 heteroatoms. The van der Waals surface area contributed by atoms with Crippen LogP contribution < -0.4 is 5.32 Å². The fourth-order valence-electron chi connectivity index (χ4n) is 2.74. The summed E-state index contributed by atoms with van der Waals surface area (Å²) >= 11 is 0. The first-order valence-electron chi connectivity index (χ1n) is 7.13. The Kier molecular flexibility index (Phi) is 6.44. The Morgan fingerprint density at radius 1 is 1.28 bits per heavy atom. The van der Waals surface area contributed by atoms with Crippen LogP contribution in [0.15, 0.2) is 0 Å². The lowest BCUT2D eigenvalue weighted by Gasteiger charge is -2.17. The molecule has 2 aliphatic rings. The van der Waals surface area contributed by atoms with Crippen LogP contribution in [0.5, 0.6) is 0 Å². The van der Waals surface area contributed by atoms with Crippen LogP contribution in [0.2, 0.25) is 0 Å². The van der Waals surface area contributed by atoms with E-state index in [-0.39, 0.29) is 12.4 Å². The quantitative estimate of drug-likeness (QED) is 0.806. The van der Waals surface area contributed by atoms with E-state index in [1.807, 2.05) is 4.90 Å². The molecular weight excluding hydrogens is 248 g/mol. The topological polar surface area (TPSA) is 32.3 Å². The number of nitrogens with one attached hydrogen (secondary N) is 1. The molecule has 1 saturated heterocycles. The standard InChI is InChI=1S/C14H26N2O.ClH/c1-11(2)7-13-5-6-16(10-13)14(17)9-15-8-12-3-4-12;/h11-13,15H,3-10H2,1-2H3;1H. The zero-order chi connectivity index (χ0) is 12.3. The van der Waals surface area contributed by atoms with Crippen LogP contribution in [0.25, 0.3) is 0 Å². The zero-order valence-corrected chi connectivity index (χ0v) is 12.5. The lowest BCUT2D eigenvalue weighted by atomic mass is 9.97. The monoisotopic (exact) mass is 274 g/mol. The van der Waals surface area contributed by atoms with E-state index in [2.05, 4.69) is 19.2 Å². The summed E-state index contributed by atoms with van der Waals surface area (Å²) in [5.74, 6) is 2.65. The van der Waals surface area contributed by atoms with Crippen molar-refractivity contribution in [3.63, 3.8) is 0 Å². The van der Waals surface area contributed by atoms with E-state index in [4.69, 9.17) is 0 Å². The van der Waals surface area contributed by atoms with Crippen LogP contribution in [-0.4, -0.2) is 37.0 Å². The Bertz CT molecular complexity index is 267. The van der Waals surface area contributed by atoms with Gasteiger partial charge in [0.15, 0.2) is 0 Å². The number of hydrogen-bond acceptors (Lipinski definition) is 2. The van der Waals surface area contributed by atoms with E-state index in [0.29, 0.717) is 12.5 Å². The van der Waals surface area contributed by atoms with Crippen molar-refractivity contribution in [3.8, 4) is 0 Å². The van der Waals surface area contributed by atoms with Gasteiger partial charge in [-0.25, -0.2) is 0 Å². The van der Waals surface area contributed by atoms with E-state index in [9.17, 15) is 4.79 Å². The van der Waals surface area contributed by atoms with Crippen LogP contribution in [0.3, 0.4) is 0 Å². The van der Waals surface area contributed by atoms with E-state index >= 15 is 0 Å². The van der Waals surface area contributed by atoms with Crippen molar-refractivity contribution in [1.29, 1.82) is 0 Å². The third-order valence-corrected chi connectivity index (χ3v) is 3.85. The Labute approximate surface area is 117 Å². The van der Waals surface area contributed by atoms with Gasteiger partial charge in [-0.15, -0.1) is 12.4 Å². The van der Waals surface area contributed by atoms with Crippen molar-refractivity contribution in [2.75, 3.05) is 26.2 Å². The molecule has 1 unspecified atom stereocenters. The summed E-state index contributed by atoms with van der Waals surface area (Å²) in [6.07, 6.45) is 5.16. The second-order valence-electron chi connectivity index (χ2n) is 6.20. The average Bonchev–Trinajstić information content (AvgIpc) is 2.96. The molecule has 18 heavy (non-hydrogen) atoms. The summed E-state index contributed by atoms with van der Waals surface area (Å²) in [7, 11) is 0. The maximum absolute atomic E-state index is 11.9. The van der Waals surface area contributed by atoms with Crippen LogP contribution >= 0.6 is 12.4 Å². The molecule has 0 bridgehead atoms. The van der Waals surface area contributed by atoms with E-state index in [0.717, 1.165) is 37.4 Å². The Hall–Kier alpha value is -0.280. The van der Waals surface area contributed by atoms with Crippen LogP contribution in [0, 0.1) is 17.8 Å². The van der Waals surface area contributed by atoms with Crippen molar-refractivity contribution in [2.24, 2.45) is 17.8 Å². The number of nitrogens with zero attached hydrogens (tertiary/aromatic N) is 1. The lowest BCUT2D eigenvalue weighted by Crippen LogP contribution is -2.37. The number of halogens is 1. The Morgan fingerprint density at radius 2 is 2.00 bits per heavy atom. The first kappa shape index (κ1) is 15.8. The van der Waals surface area contributed by atoms with Gasteiger partial charge >= 0.3 is 0 Å². The van der Waals surface area contributed by atoms with Crippen LogP contribution in [-0.2, 0) is 4.79 Å². The summed E-state index contributed by atoms with van der Waals surface area (Å²) in [4.78, 5) is 14.0. The summed E-state index contributed by atoms with van der Waals surface area (Å²) in [6, 6.07) is 0. The number of carbonyl (C=O) groups is 1. The highest BCUT2D eigenvalue weighted by Crippen LogP contribution is 2.27. The SMILES string of the molecule is CC(C)CC1CCN(C(=O)CNCC2CC2)C1.Cl. The summed E-state index contributed by atoms with van der Waals surface area (Å²) in [5.41, 5.74) is 0. The van der Waals surface area contributed by atoms with Crippen molar-refractivity contribution in [1.82, 2.24) is 10.2 Å². The molecule has 0 aromatic rings. The molecule has 1 N–H and O–H groups in total. The lowest BCUT2D eigenvalue weighted by molar-refractivity contribution is -0.129. The van der Waals surface area contributed by atoms with Crippen molar-refractivity contribution >= 4 is 18.3 Å². The molecule has 106 valence electrons. The van der Waals surface area contributed by atoms with Crippen molar-refractivity contribution in [3.05, 3.63) is 0 Å². The second-order valence-corrected chi connectivity index (χ2v) is 6.20. The first-order valence-corrected chi connectivity index (χ1v) is 7.13. The number of carbonyl (C=O) groups excluding carboxylic acids is 1. The highest BCUT2D eigenvalue weighted by Gasteiger charge is 2.27. The molecule has 0 radical (unpaired) electrons. The maximum Gasteiger partial charge on any atom is 0.236 e. The van der Waals surface area contributed by atoms with Gasteiger partial charge in [-0.3, -0.25) is 4.79 Å². The minimum absolute atomic E-state index is 0. The largest absolute Gasteiger partial charge is 0.341 e. The van der Waals surface area contributed by atoms with Gasteiger partial charge in [0.25, 0.3) is 0 Å². The molecule has 1 atom stereocenters. The molecular formula is C14H27ClN2O. The zero-order valence-electron chi connectivity index (χ0n) is 11.7. The highest BCUT2D eigenvalue weighted by molar-refractivity contribution is 5.85. The normalized spacial score (nSPS) is 23.3. The molecule has 3 nitrogen and oxygen atoms in total. The minimum atomic E-state index is 0. The molecule has 0 spiro atoms. The Morgan fingerprint density at radius 3 is 2.61 bits per heavy atom. The van der Waals surface area contributed by atoms with E-state index < -0.39 is 0 Å². The van der Waals surface area contributed by atoms with Crippen LogP contribution in [0.4, 0.5) is 0 Å². The second kappa shape index (κ2) is 7.34. The molecule has 2 rings (SSSR count). The van der Waals surface area contributed by atoms with Gasteiger partial charge in [0.1, 0.15) is 0 Å². The minimum Gasteiger partial charge on any atom is -0.341 e. The van der Waals surface area contributed by atoms with Gasteiger partial charge in [-0.1, -0.05) is 13.8 Å². The van der Waals surface area contributed by atoms with Crippen LogP contribution in [0.1, 0.15) is 39.5 Å². The van der Waals surface area contributed by atoms with Gasteiger partial charge in [0.2, 0.25) is 5.91 Å². The van der Waals surface area contributed by atoms with Crippen molar-refractivity contribution in [2.45, 2.75) is 39.5 Å². The first-order chi connectivity index (χ1) is 8.15. The molecule has 1 saturated carbocycles. The molecule has 2 fully saturated rings. The smallest absolute Gasteiger partial charge is 0.236 e. The van der Waals surface area contributed by atoms with Gasteiger partial charge in [-0.2, -0.15) is 0 Å². The predicted octanol–water partition coefficient (Wildman–Crippen LogP) is 2.30. The fourth-order valence-corrected chi connectivity index (χ4v) is 2.74. The summed E-state index contributed by atoms with van der Waals surface area (Å²) in [6.45, 7) is 8.08. The summed E-state index contributed by atoms with van der Waals surface area (Å²) in [5, 5.41) is 3.29. The third-order valence-electron chi connectivity index (χ3n) is 3.85. The van der Waals surface area contributed by atoms with Gasteiger partial charge in [0.05, 0.1) is 6.54 Å². The Balaban J connectivity index is 0.00000162. The van der Waals surface area contributed by atoms with Gasteiger partial charge in [0, 0.05) is 13.1 Å². The number of rotatable bonds is 6. The third kappa shape index (κ3) is 5.15. The molecule has 0 aromatic carbocycles. The summed E-state index contributed by atoms with van der Waals surface area (Å²) < 4.78 is 0. The highest BCUT2D eigenvalue weighted by atomic mass is 35.5. The maximum atomic E-state index is 11.9. The van der Waals surface area contributed by atoms with E-state index in [1.54, 1.807) is 0 Å². The number of likely N-dealkylation sites (tertiary alicyclic amines) is 1. The van der Waals surface area contributed by atoms with Gasteiger partial charge < -0.3 is 10.2 Å². The number of amides is 1. The number of hydrogen-bond donors (Lipinski definition) is 1. The molecule has 1 aliphatic heterocycles. The molecule has 1 heterocycles. The molecule has 0 aromatic heterocycles. The molecule has 1 amide bonds. The van der Waals surface area contributed by atoms with Crippen molar-refractivity contribution < 1.29 is 4.79 Å². The van der Waals surface area contributed by atoms with E-state index in [1.165, 1.54) is 25.7 Å². The van der Waals surface area contributed by atoms with Gasteiger partial charge in [-0.05, 0) is 50.0 Å². The predicted molar refractivity (Wildman–Crippen MR) is 77.0 cm³/mol.